The van der Waals surface area contributed by atoms with Crippen molar-refractivity contribution in [2.24, 2.45) is 0 Å². The summed E-state index contributed by atoms with van der Waals surface area (Å²) in [5.41, 5.74) is 1.53. The van der Waals surface area contributed by atoms with Crippen molar-refractivity contribution in [1.29, 1.82) is 0 Å². The molecule has 0 saturated carbocycles. The third-order valence-electron chi connectivity index (χ3n) is 3.19. The lowest BCUT2D eigenvalue weighted by atomic mass is 10.2. The van der Waals surface area contributed by atoms with Gasteiger partial charge >= 0.3 is 0 Å². The van der Waals surface area contributed by atoms with E-state index < -0.39 is 0 Å². The number of nitrogens with zero attached hydrogens (tertiary/aromatic N) is 2. The summed E-state index contributed by atoms with van der Waals surface area (Å²) in [6.07, 6.45) is 0.935. The van der Waals surface area contributed by atoms with Gasteiger partial charge in [-0.1, -0.05) is 0 Å². The minimum Gasteiger partial charge on any atom is -0.379 e. The number of fused-ring (bicyclic) bond motifs is 1. The van der Waals surface area contributed by atoms with Gasteiger partial charge in [-0.3, -0.25) is 0 Å². The van der Waals surface area contributed by atoms with E-state index in [1.807, 2.05) is 0 Å². The van der Waals surface area contributed by atoms with Crippen LogP contribution in [0.25, 0.3) is 11.0 Å². The molecule has 96 valence electrons. The molecule has 3 nitrogen and oxygen atoms in total. The number of hydrogen-bond donors (Lipinski definition) is 0. The zero-order chi connectivity index (χ0) is 12.7. The Morgan fingerprint density at radius 3 is 3.06 bits per heavy atom. The number of imidazole rings is 1. The Morgan fingerprint density at radius 2 is 2.39 bits per heavy atom. The van der Waals surface area contributed by atoms with E-state index in [4.69, 9.17) is 16.3 Å². The maximum absolute atomic E-state index is 13.5. The molecule has 1 fully saturated rings. The standard InChI is InChI=1S/C12H11BrClFN2O/c13-8-3-11-10(4-9(8)15)16-12(5-14)17(11)7-1-2-18-6-7/h3-4,7H,1-2,5-6H2. The molecule has 1 atom stereocenters. The zero-order valence-electron chi connectivity index (χ0n) is 9.50. The van der Waals surface area contributed by atoms with Crippen molar-refractivity contribution < 1.29 is 9.13 Å². The fourth-order valence-corrected chi connectivity index (χ4v) is 2.89. The van der Waals surface area contributed by atoms with Crippen molar-refractivity contribution in [2.45, 2.75) is 18.3 Å². The quantitative estimate of drug-likeness (QED) is 0.785. The first kappa shape index (κ1) is 12.4. The molecule has 1 saturated heterocycles. The van der Waals surface area contributed by atoms with Gasteiger partial charge in [0.1, 0.15) is 11.6 Å². The number of benzene rings is 1. The summed E-state index contributed by atoms with van der Waals surface area (Å²) in [7, 11) is 0. The van der Waals surface area contributed by atoms with Gasteiger partial charge in [0, 0.05) is 12.7 Å². The Labute approximate surface area is 117 Å². The van der Waals surface area contributed by atoms with Crippen molar-refractivity contribution >= 4 is 38.6 Å². The van der Waals surface area contributed by atoms with Gasteiger partial charge in [0.15, 0.2) is 0 Å². The molecule has 3 rings (SSSR count). The van der Waals surface area contributed by atoms with E-state index in [9.17, 15) is 4.39 Å². The summed E-state index contributed by atoms with van der Waals surface area (Å²) >= 11 is 9.14. The highest BCUT2D eigenvalue weighted by Crippen LogP contribution is 2.30. The normalized spacial score (nSPS) is 19.8. The second kappa shape index (κ2) is 4.79. The largest absolute Gasteiger partial charge is 0.379 e. The summed E-state index contributed by atoms with van der Waals surface area (Å²) in [6.45, 7) is 1.40. The average molecular weight is 334 g/mol. The molecular weight excluding hydrogens is 322 g/mol. The predicted octanol–water partition coefficient (Wildman–Crippen LogP) is 3.64. The van der Waals surface area contributed by atoms with E-state index in [1.165, 1.54) is 6.07 Å². The smallest absolute Gasteiger partial charge is 0.139 e. The number of rotatable bonds is 2. The zero-order valence-corrected chi connectivity index (χ0v) is 11.8. The third-order valence-corrected chi connectivity index (χ3v) is 4.04. The molecule has 0 aliphatic carbocycles. The van der Waals surface area contributed by atoms with E-state index in [0.29, 0.717) is 22.5 Å². The first-order valence-corrected chi connectivity index (χ1v) is 7.03. The Balaban J connectivity index is 2.23. The van der Waals surface area contributed by atoms with Crippen LogP contribution in [0.4, 0.5) is 4.39 Å². The molecule has 0 bridgehead atoms. The van der Waals surface area contributed by atoms with Crippen LogP contribution in [0, 0.1) is 5.82 Å². The number of hydrogen-bond acceptors (Lipinski definition) is 2. The van der Waals surface area contributed by atoms with Crippen molar-refractivity contribution in [3.8, 4) is 0 Å². The van der Waals surface area contributed by atoms with Crippen LogP contribution >= 0.6 is 27.5 Å². The Bertz CT molecular complexity index is 595. The maximum Gasteiger partial charge on any atom is 0.139 e. The molecule has 2 heterocycles. The van der Waals surface area contributed by atoms with Gasteiger partial charge < -0.3 is 9.30 Å². The molecule has 0 amide bonds. The number of halogens is 3. The predicted molar refractivity (Wildman–Crippen MR) is 71.4 cm³/mol. The molecule has 1 aliphatic heterocycles. The van der Waals surface area contributed by atoms with Crippen LogP contribution in [0.5, 0.6) is 0 Å². The highest BCUT2D eigenvalue weighted by Gasteiger charge is 2.23. The molecule has 6 heteroatoms. The SMILES string of the molecule is Fc1cc2nc(CCl)n(C3CCOC3)c2cc1Br. The van der Waals surface area contributed by atoms with Gasteiger partial charge in [-0.2, -0.15) is 0 Å². The summed E-state index contributed by atoms with van der Waals surface area (Å²) in [4.78, 5) is 4.39. The topological polar surface area (TPSA) is 27.1 Å². The van der Waals surface area contributed by atoms with Gasteiger partial charge in [0.25, 0.3) is 0 Å². The van der Waals surface area contributed by atoms with E-state index in [1.54, 1.807) is 6.07 Å². The Morgan fingerprint density at radius 1 is 1.56 bits per heavy atom. The second-order valence-corrected chi connectivity index (χ2v) is 5.43. The molecule has 0 N–H and O–H groups in total. The Kier molecular flexibility index (Phi) is 3.30. The fraction of sp³-hybridized carbons (Fsp3) is 0.417. The summed E-state index contributed by atoms with van der Waals surface area (Å²) in [5, 5.41) is 0. The van der Waals surface area contributed by atoms with Crippen LogP contribution in [0.3, 0.4) is 0 Å². The van der Waals surface area contributed by atoms with Gasteiger partial charge in [-0.25, -0.2) is 9.37 Å². The number of alkyl halides is 1. The molecule has 0 spiro atoms. The monoisotopic (exact) mass is 332 g/mol. The molecular formula is C12H11BrClFN2O. The molecule has 2 aromatic rings. The summed E-state index contributed by atoms with van der Waals surface area (Å²) in [6, 6.07) is 3.43. The summed E-state index contributed by atoms with van der Waals surface area (Å²) < 4.78 is 21.4. The minimum absolute atomic E-state index is 0.237. The van der Waals surface area contributed by atoms with Gasteiger partial charge in [-0.05, 0) is 28.4 Å². The number of ether oxygens (including phenoxy) is 1. The molecule has 1 aliphatic rings. The fourth-order valence-electron chi connectivity index (χ4n) is 2.37. The van der Waals surface area contributed by atoms with Crippen LogP contribution in [-0.2, 0) is 10.6 Å². The third kappa shape index (κ3) is 1.94. The molecule has 0 radical (unpaired) electrons. The van der Waals surface area contributed by atoms with E-state index >= 15 is 0 Å². The van der Waals surface area contributed by atoms with Gasteiger partial charge in [0.2, 0.25) is 0 Å². The van der Waals surface area contributed by atoms with Crippen LogP contribution in [-0.4, -0.2) is 22.8 Å². The summed E-state index contributed by atoms with van der Waals surface area (Å²) in [5.74, 6) is 0.764. The first-order valence-electron chi connectivity index (χ1n) is 5.70. The van der Waals surface area contributed by atoms with Gasteiger partial charge in [-0.15, -0.1) is 11.6 Å². The molecule has 1 aromatic carbocycles. The second-order valence-electron chi connectivity index (χ2n) is 4.30. The van der Waals surface area contributed by atoms with Crippen molar-refractivity contribution in [3.05, 3.63) is 28.2 Å². The minimum atomic E-state index is -0.309. The highest BCUT2D eigenvalue weighted by atomic mass is 79.9. The first-order chi connectivity index (χ1) is 8.70. The molecule has 1 aromatic heterocycles. The van der Waals surface area contributed by atoms with E-state index in [2.05, 4.69) is 25.5 Å². The maximum atomic E-state index is 13.5. The highest BCUT2D eigenvalue weighted by molar-refractivity contribution is 9.10. The van der Waals surface area contributed by atoms with Gasteiger partial charge in [0.05, 0.1) is 34.0 Å². The number of aromatic nitrogens is 2. The van der Waals surface area contributed by atoms with E-state index in [-0.39, 0.29) is 11.9 Å². The van der Waals surface area contributed by atoms with E-state index in [0.717, 1.165) is 24.4 Å². The molecule has 1 unspecified atom stereocenters. The van der Waals surface area contributed by atoms with Crippen LogP contribution < -0.4 is 0 Å². The Hall–Kier alpha value is -0.650. The lowest BCUT2D eigenvalue weighted by Crippen LogP contribution is -2.11. The lowest BCUT2D eigenvalue weighted by molar-refractivity contribution is 0.187. The van der Waals surface area contributed by atoms with Crippen molar-refractivity contribution in [1.82, 2.24) is 9.55 Å². The van der Waals surface area contributed by atoms with Crippen LogP contribution in [0.1, 0.15) is 18.3 Å². The average Bonchev–Trinajstić information content (AvgIpc) is 2.96. The van der Waals surface area contributed by atoms with Crippen LogP contribution in [0.2, 0.25) is 0 Å². The lowest BCUT2D eigenvalue weighted by Gasteiger charge is -2.14. The van der Waals surface area contributed by atoms with Crippen LogP contribution in [0.15, 0.2) is 16.6 Å². The van der Waals surface area contributed by atoms with Crippen molar-refractivity contribution in [3.63, 3.8) is 0 Å². The molecule has 18 heavy (non-hydrogen) atoms. The van der Waals surface area contributed by atoms with Crippen molar-refractivity contribution in [2.75, 3.05) is 13.2 Å².